The molecule has 8 aromatic rings. The van der Waals surface area contributed by atoms with Gasteiger partial charge in [0.25, 0.3) is 0 Å². The second-order valence-electron chi connectivity index (χ2n) is 12.4. The second-order valence-corrected chi connectivity index (χ2v) is 12.4. The normalized spacial score (nSPS) is 11.0. The molecule has 0 amide bonds. The standard InChI is InChI=1S/C45H33N5/c1-30-13-15-38(28-46-30)32-17-21-34(22-18-32)40-25-41(35-23-19-33(20-24-35)39-16-14-31(2)47-29-39)27-42(26-40)45-49-43(36-9-5-3-6-10-36)48-44(50-45)37-11-7-4-8-12-37/h3-29H,1-2H3. The zero-order valence-corrected chi connectivity index (χ0v) is 27.8. The fourth-order valence-corrected chi connectivity index (χ4v) is 6.02. The summed E-state index contributed by atoms with van der Waals surface area (Å²) in [7, 11) is 0. The molecule has 0 aliphatic rings. The van der Waals surface area contributed by atoms with E-state index in [2.05, 4.69) is 88.8 Å². The predicted molar refractivity (Wildman–Crippen MR) is 203 cm³/mol. The van der Waals surface area contributed by atoms with E-state index in [-0.39, 0.29) is 0 Å². The molecular formula is C45H33N5. The highest BCUT2D eigenvalue weighted by Crippen LogP contribution is 2.35. The smallest absolute Gasteiger partial charge is 0.164 e. The molecule has 8 rings (SSSR count). The molecule has 5 nitrogen and oxygen atoms in total. The minimum Gasteiger partial charge on any atom is -0.261 e. The Hall–Kier alpha value is -6.59. The van der Waals surface area contributed by atoms with Gasteiger partial charge in [-0.15, -0.1) is 0 Å². The molecule has 0 atom stereocenters. The quantitative estimate of drug-likeness (QED) is 0.173. The van der Waals surface area contributed by atoms with Crippen molar-refractivity contribution in [2.45, 2.75) is 13.8 Å². The van der Waals surface area contributed by atoms with Crippen molar-refractivity contribution in [3.8, 4) is 78.7 Å². The highest BCUT2D eigenvalue weighted by Gasteiger charge is 2.15. The van der Waals surface area contributed by atoms with Crippen LogP contribution in [0.4, 0.5) is 0 Å². The number of aromatic nitrogens is 5. The topological polar surface area (TPSA) is 64.5 Å². The third-order valence-electron chi connectivity index (χ3n) is 8.82. The minimum atomic E-state index is 0.616. The lowest BCUT2D eigenvalue weighted by molar-refractivity contribution is 1.07. The lowest BCUT2D eigenvalue weighted by atomic mass is 9.94. The first-order valence-electron chi connectivity index (χ1n) is 16.7. The Morgan fingerprint density at radius 2 is 0.600 bits per heavy atom. The Morgan fingerprint density at radius 1 is 0.280 bits per heavy atom. The SMILES string of the molecule is Cc1ccc(-c2ccc(-c3cc(-c4ccc(-c5ccc(C)nc5)cc4)cc(-c4nc(-c5ccccc5)nc(-c5ccccc5)n4)c3)cc2)cn1. The largest absolute Gasteiger partial charge is 0.261 e. The fraction of sp³-hybridized carbons (Fsp3) is 0.0444. The Labute approximate surface area is 292 Å². The molecule has 0 fully saturated rings. The predicted octanol–water partition coefficient (Wildman–Crippen LogP) is 10.9. The molecule has 5 heteroatoms. The van der Waals surface area contributed by atoms with Crippen molar-refractivity contribution in [1.82, 2.24) is 24.9 Å². The van der Waals surface area contributed by atoms with Gasteiger partial charge >= 0.3 is 0 Å². The number of hydrogen-bond acceptors (Lipinski definition) is 5. The van der Waals surface area contributed by atoms with Gasteiger partial charge in [-0.1, -0.05) is 121 Å². The summed E-state index contributed by atoms with van der Waals surface area (Å²) in [6, 6.07) is 52.4. The van der Waals surface area contributed by atoms with Gasteiger partial charge in [0.05, 0.1) is 0 Å². The van der Waals surface area contributed by atoms with Crippen LogP contribution >= 0.6 is 0 Å². The summed E-state index contributed by atoms with van der Waals surface area (Å²) in [5.74, 6) is 1.88. The molecule has 0 aliphatic carbocycles. The highest BCUT2D eigenvalue weighted by atomic mass is 15.0. The molecule has 3 heterocycles. The third kappa shape index (κ3) is 6.58. The lowest BCUT2D eigenvalue weighted by Gasteiger charge is -2.13. The second kappa shape index (κ2) is 13.5. The number of hydrogen-bond donors (Lipinski definition) is 0. The van der Waals surface area contributed by atoms with E-state index < -0.39 is 0 Å². The van der Waals surface area contributed by atoms with E-state index >= 15 is 0 Å². The van der Waals surface area contributed by atoms with E-state index in [0.717, 1.165) is 72.6 Å². The maximum absolute atomic E-state index is 5.05. The Morgan fingerprint density at radius 3 is 0.960 bits per heavy atom. The summed E-state index contributed by atoms with van der Waals surface area (Å²) in [5.41, 5.74) is 13.5. The van der Waals surface area contributed by atoms with Crippen molar-refractivity contribution < 1.29 is 0 Å². The summed E-state index contributed by atoms with van der Waals surface area (Å²) < 4.78 is 0. The summed E-state index contributed by atoms with van der Waals surface area (Å²) >= 11 is 0. The molecule has 0 radical (unpaired) electrons. The zero-order chi connectivity index (χ0) is 33.9. The van der Waals surface area contributed by atoms with Crippen LogP contribution in [0.2, 0.25) is 0 Å². The molecule has 0 unspecified atom stereocenters. The highest BCUT2D eigenvalue weighted by molar-refractivity contribution is 5.82. The molecule has 50 heavy (non-hydrogen) atoms. The van der Waals surface area contributed by atoms with Crippen LogP contribution in [-0.2, 0) is 0 Å². The molecule has 5 aromatic carbocycles. The molecule has 0 spiro atoms. The third-order valence-corrected chi connectivity index (χ3v) is 8.82. The van der Waals surface area contributed by atoms with Crippen LogP contribution in [0.25, 0.3) is 78.7 Å². The number of pyridine rings is 2. The average molecular weight is 644 g/mol. The van der Waals surface area contributed by atoms with Gasteiger partial charge in [-0.25, -0.2) is 15.0 Å². The van der Waals surface area contributed by atoms with Crippen LogP contribution in [0.3, 0.4) is 0 Å². The van der Waals surface area contributed by atoms with E-state index in [4.69, 9.17) is 15.0 Å². The molecule has 0 N–H and O–H groups in total. The van der Waals surface area contributed by atoms with Crippen molar-refractivity contribution in [3.63, 3.8) is 0 Å². The van der Waals surface area contributed by atoms with Gasteiger partial charge in [-0.05, 0) is 77.6 Å². The van der Waals surface area contributed by atoms with Crippen LogP contribution in [0.5, 0.6) is 0 Å². The molecule has 0 bridgehead atoms. The number of nitrogens with zero attached hydrogens (tertiary/aromatic N) is 5. The summed E-state index contributed by atoms with van der Waals surface area (Å²) in [4.78, 5) is 24.0. The lowest BCUT2D eigenvalue weighted by Crippen LogP contribution is -2.00. The maximum atomic E-state index is 5.05. The van der Waals surface area contributed by atoms with Crippen molar-refractivity contribution >= 4 is 0 Å². The molecule has 238 valence electrons. The van der Waals surface area contributed by atoms with E-state index in [1.54, 1.807) is 0 Å². The summed E-state index contributed by atoms with van der Waals surface area (Å²) in [6.45, 7) is 4.01. The van der Waals surface area contributed by atoms with Crippen LogP contribution in [0.1, 0.15) is 11.4 Å². The first-order valence-corrected chi connectivity index (χ1v) is 16.7. The Balaban J connectivity index is 1.26. The van der Waals surface area contributed by atoms with Gasteiger partial charge in [0.1, 0.15) is 0 Å². The van der Waals surface area contributed by atoms with Crippen molar-refractivity contribution in [2.75, 3.05) is 0 Å². The molecule has 0 saturated carbocycles. The van der Waals surface area contributed by atoms with Crippen LogP contribution in [0, 0.1) is 13.8 Å². The van der Waals surface area contributed by atoms with E-state index in [1.807, 2.05) is 99.0 Å². The van der Waals surface area contributed by atoms with Crippen molar-refractivity contribution in [2.24, 2.45) is 0 Å². The van der Waals surface area contributed by atoms with E-state index in [9.17, 15) is 0 Å². The maximum Gasteiger partial charge on any atom is 0.164 e. The van der Waals surface area contributed by atoms with Crippen molar-refractivity contribution in [3.05, 3.63) is 175 Å². The summed E-state index contributed by atoms with van der Waals surface area (Å²) in [5, 5.41) is 0. The van der Waals surface area contributed by atoms with Gasteiger partial charge < -0.3 is 0 Å². The zero-order valence-electron chi connectivity index (χ0n) is 27.8. The van der Waals surface area contributed by atoms with Gasteiger partial charge in [-0.3, -0.25) is 9.97 Å². The Bertz CT molecular complexity index is 2220. The number of benzene rings is 5. The van der Waals surface area contributed by atoms with Gasteiger partial charge in [-0.2, -0.15) is 0 Å². The first-order chi connectivity index (χ1) is 24.6. The summed E-state index contributed by atoms with van der Waals surface area (Å²) in [6.07, 6.45) is 3.85. The molecule has 3 aromatic heterocycles. The van der Waals surface area contributed by atoms with Gasteiger partial charge in [0.15, 0.2) is 17.5 Å². The first kappa shape index (κ1) is 30.7. The van der Waals surface area contributed by atoms with E-state index in [1.165, 1.54) is 0 Å². The minimum absolute atomic E-state index is 0.616. The van der Waals surface area contributed by atoms with Crippen LogP contribution < -0.4 is 0 Å². The number of rotatable bonds is 7. The average Bonchev–Trinajstić information content (AvgIpc) is 3.19. The molecular weight excluding hydrogens is 611 g/mol. The molecule has 0 aliphatic heterocycles. The fourth-order valence-electron chi connectivity index (χ4n) is 6.02. The van der Waals surface area contributed by atoms with Crippen molar-refractivity contribution in [1.29, 1.82) is 0 Å². The number of aryl methyl sites for hydroxylation is 2. The van der Waals surface area contributed by atoms with Crippen LogP contribution in [-0.4, -0.2) is 24.9 Å². The van der Waals surface area contributed by atoms with Gasteiger partial charge in [0, 0.05) is 51.6 Å². The van der Waals surface area contributed by atoms with Crippen LogP contribution in [0.15, 0.2) is 164 Å². The van der Waals surface area contributed by atoms with Gasteiger partial charge in [0.2, 0.25) is 0 Å². The molecule has 0 saturated heterocycles. The van der Waals surface area contributed by atoms with E-state index in [0.29, 0.717) is 17.5 Å². The monoisotopic (exact) mass is 643 g/mol. The Kier molecular flexibility index (Phi) is 8.29.